The Kier molecular flexibility index (Phi) is 29.5. The van der Waals surface area contributed by atoms with Crippen LogP contribution in [0.15, 0.2) is 36.5 Å². The normalized spacial score (nSPS) is 27.1. The van der Waals surface area contributed by atoms with Crippen LogP contribution in [0.1, 0.15) is 212 Å². The number of nitrogens with zero attached hydrogens (tertiary/aromatic N) is 2. The van der Waals surface area contributed by atoms with Crippen LogP contribution in [0.5, 0.6) is 0 Å². The summed E-state index contributed by atoms with van der Waals surface area (Å²) in [6.07, 6.45) is 56.2. The summed E-state index contributed by atoms with van der Waals surface area (Å²) in [5.41, 5.74) is -0.177. The fraction of sp³-hybridized carbons (Fsp3) is 0.854. The first-order chi connectivity index (χ1) is 26.0. The predicted molar refractivity (Wildman–Crippen MR) is 230 cm³/mol. The Morgan fingerprint density at radius 1 is 0.566 bits per heavy atom. The highest BCUT2D eigenvalue weighted by Gasteiger charge is 2.50. The van der Waals surface area contributed by atoms with Crippen LogP contribution in [0.25, 0.3) is 0 Å². The van der Waals surface area contributed by atoms with Crippen molar-refractivity contribution in [3.05, 3.63) is 36.5 Å². The van der Waals surface area contributed by atoms with E-state index in [2.05, 4.69) is 62.4 Å². The Bertz CT molecular complexity index is 922. The summed E-state index contributed by atoms with van der Waals surface area (Å²) in [4.78, 5) is 15.4. The van der Waals surface area contributed by atoms with Gasteiger partial charge in [0.25, 0.3) is 0 Å². The standard InChI is InChI=1S/C42H73NO3.C6H15N/c44-40-43-37-35-41(36-38-43)39-45-42(46-41)33-31-29-27-25-23-21-19-17-15-13-11-9-7-5-3-1-2-4-6-8-10-12-14-16-18-20-22-24-26-28-30-32-34-42;1-4-5-6-7(2)3/h9,11,15-18,40H,1-8,10,12-14,19-39H2;4-6H2,1-3H3/b11-9-,17-15-,18-16-;. The molecule has 0 N–H and O–H groups in total. The fourth-order valence-electron chi connectivity index (χ4n) is 8.08. The minimum atomic E-state index is -0.399. The third-order valence-corrected chi connectivity index (χ3v) is 11.7. The average Bonchev–Trinajstić information content (AvgIpc) is 3.51. The molecule has 1 atom stereocenters. The predicted octanol–water partition coefficient (Wildman–Crippen LogP) is 13.7. The molecule has 0 bridgehead atoms. The second-order valence-electron chi connectivity index (χ2n) is 17.0. The third kappa shape index (κ3) is 25.4. The molecule has 5 nitrogen and oxygen atoms in total. The van der Waals surface area contributed by atoms with Crippen molar-refractivity contribution in [2.24, 2.45) is 0 Å². The van der Waals surface area contributed by atoms with Crippen molar-refractivity contribution in [3.63, 3.8) is 0 Å². The van der Waals surface area contributed by atoms with E-state index in [1.807, 2.05) is 4.90 Å². The zero-order valence-electron chi connectivity index (χ0n) is 35.6. The lowest BCUT2D eigenvalue weighted by Gasteiger charge is -2.38. The Hall–Kier alpha value is -1.43. The molecule has 53 heavy (non-hydrogen) atoms. The van der Waals surface area contributed by atoms with Gasteiger partial charge in [-0.3, -0.25) is 4.79 Å². The molecular formula is C48H88N2O3. The number of carbonyl (C=O) groups is 1. The molecule has 0 aromatic carbocycles. The molecule has 0 aromatic heterocycles. The van der Waals surface area contributed by atoms with Gasteiger partial charge < -0.3 is 19.3 Å². The molecule has 3 rings (SSSR count). The lowest BCUT2D eigenvalue weighted by Crippen LogP contribution is -2.46. The van der Waals surface area contributed by atoms with Crippen LogP contribution in [0, 0.1) is 0 Å². The maximum absolute atomic E-state index is 11.3. The molecular weight excluding hydrogens is 653 g/mol. The number of hydrogen-bond acceptors (Lipinski definition) is 4. The molecule has 1 aliphatic carbocycles. The molecule has 2 aliphatic heterocycles. The highest BCUT2D eigenvalue weighted by molar-refractivity contribution is 5.47. The molecule has 2 fully saturated rings. The van der Waals surface area contributed by atoms with Crippen LogP contribution in [0.3, 0.4) is 0 Å². The first kappa shape index (κ1) is 47.7. The number of ether oxygens (including phenoxy) is 2. The van der Waals surface area contributed by atoms with E-state index in [0.29, 0.717) is 6.61 Å². The molecule has 308 valence electrons. The van der Waals surface area contributed by atoms with Gasteiger partial charge in [-0.1, -0.05) is 146 Å². The van der Waals surface area contributed by atoms with Gasteiger partial charge >= 0.3 is 0 Å². The second-order valence-corrected chi connectivity index (χ2v) is 17.0. The van der Waals surface area contributed by atoms with Crippen molar-refractivity contribution in [1.29, 1.82) is 0 Å². The van der Waals surface area contributed by atoms with Gasteiger partial charge in [0, 0.05) is 25.9 Å². The zero-order valence-corrected chi connectivity index (χ0v) is 35.6. The quantitative estimate of drug-likeness (QED) is 0.213. The molecule has 1 unspecified atom stereocenters. The van der Waals surface area contributed by atoms with Gasteiger partial charge in [-0.05, 0) is 111 Å². The Labute approximate surface area is 330 Å². The largest absolute Gasteiger partial charge is 0.347 e. The summed E-state index contributed by atoms with van der Waals surface area (Å²) >= 11 is 0. The first-order valence-corrected chi connectivity index (χ1v) is 23.2. The highest BCUT2D eigenvalue weighted by atomic mass is 16.8. The zero-order chi connectivity index (χ0) is 38.0. The molecule has 2 spiro atoms. The van der Waals surface area contributed by atoms with Crippen molar-refractivity contribution < 1.29 is 14.3 Å². The number of hydrogen-bond donors (Lipinski definition) is 0. The Morgan fingerprint density at radius 3 is 1.34 bits per heavy atom. The van der Waals surface area contributed by atoms with Crippen molar-refractivity contribution in [2.75, 3.05) is 40.3 Å². The van der Waals surface area contributed by atoms with Gasteiger partial charge in [0.05, 0.1) is 12.2 Å². The number of rotatable bonds is 4. The van der Waals surface area contributed by atoms with Crippen LogP contribution in [0.2, 0.25) is 0 Å². The average molecular weight is 741 g/mol. The van der Waals surface area contributed by atoms with Crippen molar-refractivity contribution in [2.45, 2.75) is 224 Å². The second kappa shape index (κ2) is 32.8. The van der Waals surface area contributed by atoms with Crippen LogP contribution >= 0.6 is 0 Å². The van der Waals surface area contributed by atoms with E-state index < -0.39 is 5.79 Å². The minimum absolute atomic E-state index is 0.177. The molecule has 3 aliphatic rings. The molecule has 2 saturated heterocycles. The smallest absolute Gasteiger partial charge is 0.209 e. The summed E-state index contributed by atoms with van der Waals surface area (Å²) < 4.78 is 13.5. The summed E-state index contributed by atoms with van der Waals surface area (Å²) in [5.74, 6) is -0.399. The fourth-order valence-corrected chi connectivity index (χ4v) is 8.08. The molecule has 0 aromatic rings. The van der Waals surface area contributed by atoms with Crippen LogP contribution in [0.4, 0.5) is 0 Å². The highest BCUT2D eigenvalue weighted by Crippen LogP contribution is 2.43. The summed E-state index contributed by atoms with van der Waals surface area (Å²) in [6, 6.07) is 0. The topological polar surface area (TPSA) is 42.0 Å². The van der Waals surface area contributed by atoms with Gasteiger partial charge in [-0.2, -0.15) is 0 Å². The summed E-state index contributed by atoms with van der Waals surface area (Å²) in [6.45, 7) is 5.74. The van der Waals surface area contributed by atoms with Crippen molar-refractivity contribution in [1.82, 2.24) is 9.80 Å². The summed E-state index contributed by atoms with van der Waals surface area (Å²) in [5, 5.41) is 0. The summed E-state index contributed by atoms with van der Waals surface area (Å²) in [7, 11) is 4.21. The van der Waals surface area contributed by atoms with E-state index in [-0.39, 0.29) is 5.60 Å². The van der Waals surface area contributed by atoms with Gasteiger partial charge in [0.15, 0.2) is 5.79 Å². The van der Waals surface area contributed by atoms with Gasteiger partial charge in [0.2, 0.25) is 6.41 Å². The third-order valence-electron chi connectivity index (χ3n) is 11.7. The molecule has 0 radical (unpaired) electrons. The van der Waals surface area contributed by atoms with E-state index >= 15 is 0 Å². The van der Waals surface area contributed by atoms with E-state index in [1.165, 1.54) is 180 Å². The number of carbonyl (C=O) groups excluding carboxylic acids is 1. The van der Waals surface area contributed by atoms with E-state index in [9.17, 15) is 4.79 Å². The van der Waals surface area contributed by atoms with Crippen LogP contribution in [-0.4, -0.2) is 67.9 Å². The van der Waals surface area contributed by atoms with Gasteiger partial charge in [0.1, 0.15) is 0 Å². The lowest BCUT2D eigenvalue weighted by atomic mass is 9.92. The molecule has 2 heterocycles. The monoisotopic (exact) mass is 741 g/mol. The van der Waals surface area contributed by atoms with Crippen LogP contribution < -0.4 is 0 Å². The Balaban J connectivity index is 0.00000126. The maximum Gasteiger partial charge on any atom is 0.209 e. The first-order valence-electron chi connectivity index (χ1n) is 23.2. The SMILES string of the molecule is CCCCN(C)C.O=CN1CCC2(CC1)COC1(CCCCCCCC/C=C\C/C=C\CCCCCCCCCCC/C=C\CCCCCCCC1)O2. The lowest BCUT2D eigenvalue weighted by molar-refractivity contribution is -0.204. The number of allylic oxidation sites excluding steroid dienone is 6. The number of piperidine rings is 1. The van der Waals surface area contributed by atoms with Gasteiger partial charge in [-0.25, -0.2) is 0 Å². The van der Waals surface area contributed by atoms with Crippen molar-refractivity contribution in [3.8, 4) is 0 Å². The number of amides is 1. The van der Waals surface area contributed by atoms with Gasteiger partial charge in [-0.15, -0.1) is 0 Å². The Morgan fingerprint density at radius 2 is 0.962 bits per heavy atom. The maximum atomic E-state index is 11.3. The number of likely N-dealkylation sites (tertiary alicyclic amines) is 1. The van der Waals surface area contributed by atoms with E-state index in [1.54, 1.807) is 0 Å². The molecule has 5 heteroatoms. The van der Waals surface area contributed by atoms with E-state index in [4.69, 9.17) is 9.47 Å². The van der Waals surface area contributed by atoms with Crippen LogP contribution in [-0.2, 0) is 14.3 Å². The minimum Gasteiger partial charge on any atom is -0.347 e. The molecule has 0 saturated carbocycles. The van der Waals surface area contributed by atoms with E-state index in [0.717, 1.165) is 51.6 Å². The van der Waals surface area contributed by atoms with Crippen molar-refractivity contribution >= 4 is 6.41 Å². The number of unbranched alkanes of at least 4 members (excludes halogenated alkanes) is 1. The molecule has 1 amide bonds.